The molecule has 2 unspecified atom stereocenters. The molecule has 1 amide bonds. The Kier molecular flexibility index (Phi) is 5.60. The van der Waals surface area contributed by atoms with Gasteiger partial charge < -0.3 is 10.1 Å². The maximum Gasteiger partial charge on any atom is 0.261 e. The van der Waals surface area contributed by atoms with Gasteiger partial charge in [-0.3, -0.25) is 9.48 Å². The van der Waals surface area contributed by atoms with E-state index >= 15 is 0 Å². The summed E-state index contributed by atoms with van der Waals surface area (Å²) in [6, 6.07) is 15.8. The first-order valence-electron chi connectivity index (χ1n) is 9.91. The summed E-state index contributed by atoms with van der Waals surface area (Å²) in [5.41, 5.74) is 3.46. The van der Waals surface area contributed by atoms with Gasteiger partial charge in [0.25, 0.3) is 5.91 Å². The third kappa shape index (κ3) is 4.47. The van der Waals surface area contributed by atoms with Crippen LogP contribution < -0.4 is 10.1 Å². The molecule has 1 N–H and O–H groups in total. The van der Waals surface area contributed by atoms with Gasteiger partial charge in [-0.05, 0) is 56.0 Å². The number of carbonyl (C=O) groups is 1. The second kappa shape index (κ2) is 8.47. The number of fused-ring (bicyclic) bond motifs is 1. The Bertz CT molecular complexity index is 970. The van der Waals surface area contributed by atoms with Gasteiger partial charge in [0.05, 0.1) is 18.8 Å². The summed E-state index contributed by atoms with van der Waals surface area (Å²) in [6.45, 7) is 2.42. The molecule has 0 fully saturated rings. The van der Waals surface area contributed by atoms with Crippen LogP contribution >= 0.6 is 0 Å². The average molecular weight is 393 g/mol. The Morgan fingerprint density at radius 2 is 2.00 bits per heavy atom. The number of nitrogens with one attached hydrogen (secondary N) is 1. The lowest BCUT2D eigenvalue weighted by molar-refractivity contribution is -0.128. The Morgan fingerprint density at radius 1 is 1.24 bits per heavy atom. The highest BCUT2D eigenvalue weighted by Crippen LogP contribution is 2.30. The lowest BCUT2D eigenvalue weighted by Crippen LogP contribution is -2.39. The minimum absolute atomic E-state index is 0.0740. The molecule has 0 radical (unpaired) electrons. The van der Waals surface area contributed by atoms with Crippen LogP contribution in [0.1, 0.15) is 42.6 Å². The molecule has 1 aromatic heterocycles. The first kappa shape index (κ1) is 19.2. The second-order valence-electron chi connectivity index (χ2n) is 7.36. The Morgan fingerprint density at radius 3 is 2.76 bits per heavy atom. The van der Waals surface area contributed by atoms with Crippen molar-refractivity contribution in [3.05, 3.63) is 83.4 Å². The van der Waals surface area contributed by atoms with Gasteiger partial charge in [-0.25, -0.2) is 4.39 Å². The highest BCUT2D eigenvalue weighted by atomic mass is 19.1. The third-order valence-corrected chi connectivity index (χ3v) is 5.25. The number of hydrogen-bond acceptors (Lipinski definition) is 3. The highest BCUT2D eigenvalue weighted by Gasteiger charge is 2.27. The van der Waals surface area contributed by atoms with Crippen molar-refractivity contribution in [1.82, 2.24) is 15.1 Å². The lowest BCUT2D eigenvalue weighted by atomic mass is 9.92. The van der Waals surface area contributed by atoms with E-state index in [1.165, 1.54) is 35.5 Å². The molecule has 0 saturated carbocycles. The fourth-order valence-corrected chi connectivity index (χ4v) is 3.72. The first-order valence-corrected chi connectivity index (χ1v) is 9.91. The molecule has 0 saturated heterocycles. The van der Waals surface area contributed by atoms with E-state index in [9.17, 15) is 9.18 Å². The molecule has 0 bridgehead atoms. The van der Waals surface area contributed by atoms with Gasteiger partial charge in [0.1, 0.15) is 11.6 Å². The van der Waals surface area contributed by atoms with Crippen LogP contribution in [-0.2, 0) is 17.8 Å². The topological polar surface area (TPSA) is 56.1 Å². The predicted octanol–water partition coefficient (Wildman–Crippen LogP) is 4.03. The SMILES string of the molecule is CC(Oc1ccc(F)cc1)C(=O)NC1CCCc2c1cnn2Cc1ccccc1. The number of hydrogen-bond donors (Lipinski definition) is 1. The normalized spacial score (nSPS) is 16.7. The van der Waals surface area contributed by atoms with Crippen molar-refractivity contribution in [1.29, 1.82) is 0 Å². The van der Waals surface area contributed by atoms with Gasteiger partial charge in [0.2, 0.25) is 0 Å². The van der Waals surface area contributed by atoms with Crippen LogP contribution in [0.3, 0.4) is 0 Å². The lowest BCUT2D eigenvalue weighted by Gasteiger charge is -2.26. The molecule has 1 heterocycles. The zero-order valence-electron chi connectivity index (χ0n) is 16.3. The number of halogens is 1. The highest BCUT2D eigenvalue weighted by molar-refractivity contribution is 5.81. The van der Waals surface area contributed by atoms with Crippen molar-refractivity contribution in [3.8, 4) is 5.75 Å². The van der Waals surface area contributed by atoms with Gasteiger partial charge >= 0.3 is 0 Å². The summed E-state index contributed by atoms with van der Waals surface area (Å²) in [7, 11) is 0. The summed E-state index contributed by atoms with van der Waals surface area (Å²) in [6.07, 6.45) is 4.01. The van der Waals surface area contributed by atoms with Crippen LogP contribution in [0.4, 0.5) is 4.39 Å². The number of rotatable bonds is 6. The molecular weight excluding hydrogens is 369 g/mol. The van der Waals surface area contributed by atoms with Crippen LogP contribution in [0.2, 0.25) is 0 Å². The van der Waals surface area contributed by atoms with Crippen LogP contribution in [0, 0.1) is 5.82 Å². The number of amides is 1. The van der Waals surface area contributed by atoms with E-state index < -0.39 is 6.10 Å². The minimum Gasteiger partial charge on any atom is -0.481 e. The van der Waals surface area contributed by atoms with Crippen LogP contribution in [0.5, 0.6) is 5.75 Å². The number of aromatic nitrogens is 2. The molecule has 2 aromatic carbocycles. The van der Waals surface area contributed by atoms with Crippen molar-refractivity contribution in [2.45, 2.75) is 44.9 Å². The average Bonchev–Trinajstić information content (AvgIpc) is 3.14. The van der Waals surface area contributed by atoms with E-state index in [-0.39, 0.29) is 17.8 Å². The Labute approximate surface area is 169 Å². The van der Waals surface area contributed by atoms with E-state index in [1.807, 2.05) is 29.1 Å². The van der Waals surface area contributed by atoms with Crippen molar-refractivity contribution in [2.24, 2.45) is 0 Å². The molecule has 0 spiro atoms. The van der Waals surface area contributed by atoms with E-state index in [1.54, 1.807) is 6.92 Å². The monoisotopic (exact) mass is 393 g/mol. The predicted molar refractivity (Wildman–Crippen MR) is 108 cm³/mol. The summed E-state index contributed by atoms with van der Waals surface area (Å²) in [5.74, 6) is -0.0613. The molecule has 150 valence electrons. The molecule has 1 aliphatic carbocycles. The van der Waals surface area contributed by atoms with E-state index in [4.69, 9.17) is 4.74 Å². The van der Waals surface area contributed by atoms with Crippen LogP contribution in [-0.4, -0.2) is 21.8 Å². The summed E-state index contributed by atoms with van der Waals surface area (Å²) < 4.78 is 20.7. The maximum atomic E-state index is 13.0. The fourth-order valence-electron chi connectivity index (χ4n) is 3.72. The van der Waals surface area contributed by atoms with Gasteiger partial charge in [-0.15, -0.1) is 0 Å². The summed E-state index contributed by atoms with van der Waals surface area (Å²) in [5, 5.41) is 7.66. The van der Waals surface area contributed by atoms with Gasteiger partial charge in [0, 0.05) is 11.3 Å². The molecule has 5 nitrogen and oxygen atoms in total. The molecular formula is C23H24FN3O2. The third-order valence-electron chi connectivity index (χ3n) is 5.25. The quantitative estimate of drug-likeness (QED) is 0.688. The van der Waals surface area contributed by atoms with Crippen LogP contribution in [0.15, 0.2) is 60.8 Å². The van der Waals surface area contributed by atoms with Gasteiger partial charge in [-0.2, -0.15) is 5.10 Å². The zero-order valence-corrected chi connectivity index (χ0v) is 16.3. The summed E-state index contributed by atoms with van der Waals surface area (Å²) in [4.78, 5) is 12.7. The maximum absolute atomic E-state index is 13.0. The molecule has 2 atom stereocenters. The smallest absolute Gasteiger partial charge is 0.261 e. The Hall–Kier alpha value is -3.15. The first-order chi connectivity index (χ1) is 14.1. The van der Waals surface area contributed by atoms with Crippen LogP contribution in [0.25, 0.3) is 0 Å². The van der Waals surface area contributed by atoms with Crippen molar-refractivity contribution >= 4 is 5.91 Å². The number of benzene rings is 2. The molecule has 3 aromatic rings. The second-order valence-corrected chi connectivity index (χ2v) is 7.36. The molecule has 6 heteroatoms. The Balaban J connectivity index is 1.42. The molecule has 29 heavy (non-hydrogen) atoms. The van der Waals surface area contributed by atoms with Crippen molar-refractivity contribution in [2.75, 3.05) is 0 Å². The molecule has 1 aliphatic rings. The molecule has 0 aliphatic heterocycles. The zero-order chi connectivity index (χ0) is 20.2. The number of ether oxygens (including phenoxy) is 1. The minimum atomic E-state index is -0.676. The van der Waals surface area contributed by atoms with E-state index in [0.717, 1.165) is 31.4 Å². The fraction of sp³-hybridized carbons (Fsp3) is 0.304. The largest absolute Gasteiger partial charge is 0.481 e. The standard InChI is InChI=1S/C23H24FN3O2/c1-16(29-19-12-10-18(24)11-13-19)23(28)26-21-8-5-9-22-20(21)14-25-27(22)15-17-6-3-2-4-7-17/h2-4,6-7,10-14,16,21H,5,8-9,15H2,1H3,(H,26,28). The van der Waals surface area contributed by atoms with Gasteiger partial charge in [-0.1, -0.05) is 30.3 Å². The van der Waals surface area contributed by atoms with E-state index in [2.05, 4.69) is 22.5 Å². The molecule has 4 rings (SSSR count). The van der Waals surface area contributed by atoms with Gasteiger partial charge in [0.15, 0.2) is 6.10 Å². The van der Waals surface area contributed by atoms with Crippen molar-refractivity contribution in [3.63, 3.8) is 0 Å². The van der Waals surface area contributed by atoms with E-state index in [0.29, 0.717) is 5.75 Å². The summed E-state index contributed by atoms with van der Waals surface area (Å²) >= 11 is 0. The number of carbonyl (C=O) groups excluding carboxylic acids is 1. The number of nitrogens with zero attached hydrogens (tertiary/aromatic N) is 2. The van der Waals surface area contributed by atoms with Crippen molar-refractivity contribution < 1.29 is 13.9 Å².